The molecule has 0 saturated carbocycles. The first-order valence-electron chi connectivity index (χ1n) is 18.1. The number of likely N-dealkylation sites (N-methyl/N-ethyl adjacent to an activating group) is 1. The number of carbonyl (C=O) groups excluding carboxylic acids is 4. The Morgan fingerprint density at radius 3 is 2.47 bits per heavy atom. The van der Waals surface area contributed by atoms with Crippen LogP contribution in [0.1, 0.15) is 90.7 Å². The molecule has 0 unspecified atom stereocenters. The Balaban J connectivity index is 1.72. The summed E-state index contributed by atoms with van der Waals surface area (Å²) in [6.07, 6.45) is 7.18. The lowest BCUT2D eigenvalue weighted by molar-refractivity contribution is -0.165. The topological polar surface area (TPSA) is 117 Å². The van der Waals surface area contributed by atoms with E-state index in [4.69, 9.17) is 9.47 Å². The molecule has 9 atom stereocenters. The number of nitrogens with zero attached hydrogens (tertiary/aromatic N) is 3. The van der Waals surface area contributed by atoms with E-state index in [1.807, 2.05) is 51.1 Å². The lowest BCUT2D eigenvalue weighted by atomic mass is 9.70. The highest BCUT2D eigenvalue weighted by Gasteiger charge is 2.76. The average molecular weight is 680 g/mol. The fourth-order valence-corrected chi connectivity index (χ4v) is 8.11. The zero-order valence-corrected chi connectivity index (χ0v) is 30.1. The molecule has 3 aliphatic heterocycles. The fraction of sp³-hybridized carbons (Fsp3) is 0.641. The first kappa shape index (κ1) is 38.3. The number of benzene rings is 1. The van der Waals surface area contributed by atoms with E-state index in [1.54, 1.807) is 33.9 Å². The maximum absolute atomic E-state index is 14.7. The minimum absolute atomic E-state index is 0.0994. The van der Waals surface area contributed by atoms with Crippen LogP contribution in [0.25, 0.3) is 0 Å². The van der Waals surface area contributed by atoms with Crippen molar-refractivity contribution in [1.29, 1.82) is 0 Å². The molecule has 49 heavy (non-hydrogen) atoms. The fourth-order valence-electron chi connectivity index (χ4n) is 8.11. The summed E-state index contributed by atoms with van der Waals surface area (Å²) < 4.78 is 13.0. The second-order valence-corrected chi connectivity index (χ2v) is 14.1. The Kier molecular flexibility index (Phi) is 13.2. The van der Waals surface area contributed by atoms with E-state index < -0.39 is 53.7 Å². The highest BCUT2D eigenvalue weighted by atomic mass is 16.6. The second-order valence-electron chi connectivity index (χ2n) is 14.1. The normalized spacial score (nSPS) is 26.4. The first-order valence-corrected chi connectivity index (χ1v) is 18.1. The monoisotopic (exact) mass is 679 g/mol. The van der Waals surface area contributed by atoms with Crippen molar-refractivity contribution in [3.05, 3.63) is 61.2 Å². The molecule has 1 aromatic rings. The van der Waals surface area contributed by atoms with Crippen LogP contribution < -0.4 is 0 Å². The third-order valence-corrected chi connectivity index (χ3v) is 11.2. The van der Waals surface area contributed by atoms with E-state index in [9.17, 15) is 24.3 Å². The van der Waals surface area contributed by atoms with Crippen LogP contribution >= 0.6 is 0 Å². The van der Waals surface area contributed by atoms with Crippen molar-refractivity contribution in [2.75, 3.05) is 26.7 Å². The van der Waals surface area contributed by atoms with Gasteiger partial charge in [0.25, 0.3) is 0 Å². The molecule has 0 aliphatic carbocycles. The van der Waals surface area contributed by atoms with Gasteiger partial charge in [0.05, 0.1) is 36.6 Å². The zero-order chi connectivity index (χ0) is 35.9. The number of fused-ring (bicyclic) bond motifs is 1. The molecule has 3 saturated heterocycles. The summed E-state index contributed by atoms with van der Waals surface area (Å²) in [5.74, 6) is -3.25. The number of allylic oxidation sites excluding steroid dienone is 1. The van der Waals surface area contributed by atoms with Gasteiger partial charge in [-0.15, -0.1) is 13.2 Å². The Bertz CT molecular complexity index is 1340. The number of amides is 3. The summed E-state index contributed by atoms with van der Waals surface area (Å²) >= 11 is 0. The van der Waals surface area contributed by atoms with Crippen molar-refractivity contribution in [2.24, 2.45) is 17.8 Å². The number of likely N-dealkylation sites (tertiary alicyclic amines) is 1. The molecule has 1 spiro atoms. The van der Waals surface area contributed by atoms with Gasteiger partial charge in [0.1, 0.15) is 17.7 Å². The van der Waals surface area contributed by atoms with Crippen LogP contribution in [0.4, 0.5) is 0 Å². The molecule has 3 heterocycles. The minimum atomic E-state index is -1.22. The Morgan fingerprint density at radius 2 is 1.86 bits per heavy atom. The molecule has 1 N–H and O–H groups in total. The number of aliphatic hydroxyl groups excluding tert-OH is 1. The number of carbonyl (C=O) groups is 4. The SMILES string of the molecule is C=CCCC(=O)N(C)[C@H](C)[C@H](OC(=O)[C@@H]1[C@@H]2CC[C@]3(O2)[C@H](C(=O)N(CC=C)CCCCC)N([C@@H](CO)[C@@H](C)CC)C(=O)[C@@H]13)c1ccccc1. The summed E-state index contributed by atoms with van der Waals surface area (Å²) in [4.78, 5) is 61.7. The largest absolute Gasteiger partial charge is 0.455 e. The number of esters is 1. The molecule has 3 fully saturated rings. The average Bonchev–Trinajstić information content (AvgIpc) is 3.76. The van der Waals surface area contributed by atoms with Gasteiger partial charge in [-0.1, -0.05) is 82.5 Å². The van der Waals surface area contributed by atoms with Crippen LogP contribution in [0.3, 0.4) is 0 Å². The quantitative estimate of drug-likeness (QED) is 0.123. The molecular weight excluding hydrogens is 622 g/mol. The predicted molar refractivity (Wildman–Crippen MR) is 188 cm³/mol. The van der Waals surface area contributed by atoms with Gasteiger partial charge >= 0.3 is 5.97 Å². The molecule has 4 rings (SSSR count). The van der Waals surface area contributed by atoms with Crippen molar-refractivity contribution in [1.82, 2.24) is 14.7 Å². The van der Waals surface area contributed by atoms with E-state index in [0.717, 1.165) is 24.8 Å². The molecular formula is C39H57N3O7. The summed E-state index contributed by atoms with van der Waals surface area (Å²) in [6.45, 7) is 16.0. The Morgan fingerprint density at radius 1 is 1.14 bits per heavy atom. The van der Waals surface area contributed by atoms with Gasteiger partial charge in [0.15, 0.2) is 0 Å². The maximum Gasteiger partial charge on any atom is 0.313 e. The maximum atomic E-state index is 14.7. The van der Waals surface area contributed by atoms with Crippen LogP contribution in [0.5, 0.6) is 0 Å². The standard InChI is InChI=1S/C39H57N3O7/c1-8-12-17-24-41(23-10-3)37(46)35-39-22-21-30(49-39)32(33(39)36(45)42(35)29(25-43)26(5)11-4)38(47)48-34(28-18-15-14-16-19-28)27(6)40(7)31(44)20-13-9-2/h9-10,14-16,18-19,26-27,29-30,32-35,43H,2-3,8,11-13,17,20-25H2,1,4-7H3/t26-,27+,29-,30-,32+,33+,34-,35-,39+/m0/s1. The lowest BCUT2D eigenvalue weighted by Crippen LogP contribution is -2.59. The van der Waals surface area contributed by atoms with Crippen LogP contribution in [-0.2, 0) is 28.7 Å². The van der Waals surface area contributed by atoms with Crippen molar-refractivity contribution in [3.63, 3.8) is 0 Å². The molecule has 1 aromatic carbocycles. The summed E-state index contributed by atoms with van der Waals surface area (Å²) in [6, 6.07) is 7.17. The van der Waals surface area contributed by atoms with Crippen LogP contribution in [0.2, 0.25) is 0 Å². The van der Waals surface area contributed by atoms with Crippen LogP contribution in [0.15, 0.2) is 55.6 Å². The molecule has 2 bridgehead atoms. The predicted octanol–water partition coefficient (Wildman–Crippen LogP) is 5.07. The third kappa shape index (κ3) is 7.50. The first-order chi connectivity index (χ1) is 23.5. The van der Waals surface area contributed by atoms with E-state index in [1.165, 1.54) is 0 Å². The Labute approximate surface area is 292 Å². The number of ether oxygens (including phenoxy) is 2. The van der Waals surface area contributed by atoms with Gasteiger partial charge in [0.2, 0.25) is 17.7 Å². The highest BCUT2D eigenvalue weighted by molar-refractivity contribution is 5.98. The number of hydrogen-bond acceptors (Lipinski definition) is 7. The van der Waals surface area contributed by atoms with E-state index in [2.05, 4.69) is 20.1 Å². The van der Waals surface area contributed by atoms with Crippen LogP contribution in [-0.4, -0.2) is 100 Å². The number of aliphatic hydroxyl groups is 1. The number of rotatable bonds is 19. The lowest BCUT2D eigenvalue weighted by Gasteiger charge is -2.41. The van der Waals surface area contributed by atoms with Gasteiger partial charge in [0, 0.05) is 26.6 Å². The van der Waals surface area contributed by atoms with Gasteiger partial charge in [-0.2, -0.15) is 0 Å². The van der Waals surface area contributed by atoms with Gasteiger partial charge in [-0.05, 0) is 44.1 Å². The van der Waals surface area contributed by atoms with Crippen molar-refractivity contribution in [2.45, 2.75) is 115 Å². The molecule has 0 radical (unpaired) electrons. The van der Waals surface area contributed by atoms with Crippen LogP contribution in [0, 0.1) is 17.8 Å². The highest BCUT2D eigenvalue weighted by Crippen LogP contribution is 2.59. The van der Waals surface area contributed by atoms with Gasteiger partial charge in [-0.3, -0.25) is 19.2 Å². The summed E-state index contributed by atoms with van der Waals surface area (Å²) in [7, 11) is 1.70. The third-order valence-electron chi connectivity index (χ3n) is 11.2. The molecule has 3 aliphatic rings. The van der Waals surface area contributed by atoms with Crippen molar-refractivity contribution < 1.29 is 33.8 Å². The summed E-state index contributed by atoms with van der Waals surface area (Å²) in [5, 5.41) is 10.7. The Hall–Kier alpha value is -3.50. The van der Waals surface area contributed by atoms with E-state index >= 15 is 0 Å². The molecule has 3 amide bonds. The van der Waals surface area contributed by atoms with Gasteiger partial charge in [-0.25, -0.2) is 0 Å². The molecule has 10 heteroatoms. The molecule has 270 valence electrons. The number of hydrogen-bond donors (Lipinski definition) is 1. The summed E-state index contributed by atoms with van der Waals surface area (Å²) in [5.41, 5.74) is -0.499. The van der Waals surface area contributed by atoms with Crippen molar-refractivity contribution in [3.8, 4) is 0 Å². The van der Waals surface area contributed by atoms with Crippen molar-refractivity contribution >= 4 is 23.7 Å². The molecule has 0 aromatic heterocycles. The zero-order valence-electron chi connectivity index (χ0n) is 30.1. The number of unbranched alkanes of at least 4 members (excludes halogenated alkanes) is 2. The second kappa shape index (κ2) is 16.9. The van der Waals surface area contributed by atoms with E-state index in [-0.39, 0.29) is 36.7 Å². The minimum Gasteiger partial charge on any atom is -0.455 e. The van der Waals surface area contributed by atoms with E-state index in [0.29, 0.717) is 38.8 Å². The molecule has 10 nitrogen and oxygen atoms in total. The smallest absolute Gasteiger partial charge is 0.313 e. The van der Waals surface area contributed by atoms with Gasteiger partial charge < -0.3 is 29.3 Å².